The van der Waals surface area contributed by atoms with Crippen molar-refractivity contribution < 1.29 is 0 Å². The molecule has 0 bridgehead atoms. The first-order valence-electron chi connectivity index (χ1n) is 6.18. The van der Waals surface area contributed by atoms with Crippen molar-refractivity contribution >= 4 is 0 Å². The molecular formula is C14H22N2. The molecule has 0 aliphatic carbocycles. The Balaban J connectivity index is 2.13. The fourth-order valence-corrected chi connectivity index (χ4v) is 2.42. The lowest BCUT2D eigenvalue weighted by atomic mass is 10.0. The van der Waals surface area contributed by atoms with Crippen molar-refractivity contribution in [2.45, 2.75) is 33.4 Å². The van der Waals surface area contributed by atoms with Gasteiger partial charge in [-0.1, -0.05) is 18.2 Å². The van der Waals surface area contributed by atoms with E-state index < -0.39 is 0 Å². The van der Waals surface area contributed by atoms with E-state index in [1.54, 1.807) is 0 Å². The van der Waals surface area contributed by atoms with Crippen LogP contribution < -0.4 is 5.32 Å². The molecule has 0 aromatic heterocycles. The molecule has 1 atom stereocenters. The van der Waals surface area contributed by atoms with Gasteiger partial charge in [-0.15, -0.1) is 0 Å². The maximum atomic E-state index is 3.44. The lowest BCUT2D eigenvalue weighted by molar-refractivity contribution is 0.165. The van der Waals surface area contributed by atoms with E-state index in [2.05, 4.69) is 49.2 Å². The zero-order valence-corrected chi connectivity index (χ0v) is 10.6. The summed E-state index contributed by atoms with van der Waals surface area (Å²) in [6.07, 6.45) is 0. The molecule has 0 saturated carbocycles. The van der Waals surface area contributed by atoms with Gasteiger partial charge in [0, 0.05) is 32.2 Å². The second-order valence-electron chi connectivity index (χ2n) is 4.89. The Morgan fingerprint density at radius 3 is 2.62 bits per heavy atom. The molecule has 1 fully saturated rings. The fourth-order valence-electron chi connectivity index (χ4n) is 2.42. The summed E-state index contributed by atoms with van der Waals surface area (Å²) in [5, 5.41) is 3.44. The van der Waals surface area contributed by atoms with Crippen LogP contribution in [0.3, 0.4) is 0 Å². The minimum absolute atomic E-state index is 0.646. The standard InChI is InChI=1S/C14H22N2/c1-11-5-4-6-12(2)14(11)10-16-8-7-15-9-13(16)3/h4-6,13,15H,7-10H2,1-3H3/t13-/m1/s1. The molecule has 1 aliphatic rings. The Morgan fingerprint density at radius 1 is 1.31 bits per heavy atom. The molecular weight excluding hydrogens is 196 g/mol. The fraction of sp³-hybridized carbons (Fsp3) is 0.571. The van der Waals surface area contributed by atoms with E-state index in [-0.39, 0.29) is 0 Å². The molecule has 1 aromatic rings. The van der Waals surface area contributed by atoms with Gasteiger partial charge in [-0.2, -0.15) is 0 Å². The summed E-state index contributed by atoms with van der Waals surface area (Å²) in [7, 11) is 0. The van der Waals surface area contributed by atoms with Crippen molar-refractivity contribution in [2.24, 2.45) is 0 Å². The van der Waals surface area contributed by atoms with Gasteiger partial charge in [0.1, 0.15) is 0 Å². The number of piperazine rings is 1. The van der Waals surface area contributed by atoms with E-state index in [1.165, 1.54) is 16.7 Å². The third-order valence-electron chi connectivity index (χ3n) is 3.64. The minimum atomic E-state index is 0.646. The van der Waals surface area contributed by atoms with Crippen molar-refractivity contribution in [2.75, 3.05) is 19.6 Å². The third kappa shape index (κ3) is 2.45. The van der Waals surface area contributed by atoms with E-state index in [4.69, 9.17) is 0 Å². The van der Waals surface area contributed by atoms with Crippen LogP contribution in [0.5, 0.6) is 0 Å². The highest BCUT2D eigenvalue weighted by Gasteiger charge is 2.18. The predicted molar refractivity (Wildman–Crippen MR) is 68.7 cm³/mol. The van der Waals surface area contributed by atoms with Gasteiger partial charge in [0.05, 0.1) is 0 Å². The second kappa shape index (κ2) is 4.98. The van der Waals surface area contributed by atoms with Crippen molar-refractivity contribution in [3.05, 3.63) is 34.9 Å². The summed E-state index contributed by atoms with van der Waals surface area (Å²) in [6, 6.07) is 7.23. The molecule has 16 heavy (non-hydrogen) atoms. The molecule has 0 unspecified atom stereocenters. The zero-order chi connectivity index (χ0) is 11.5. The van der Waals surface area contributed by atoms with Gasteiger partial charge in [-0.25, -0.2) is 0 Å². The summed E-state index contributed by atoms with van der Waals surface area (Å²) < 4.78 is 0. The second-order valence-corrected chi connectivity index (χ2v) is 4.89. The van der Waals surface area contributed by atoms with E-state index >= 15 is 0 Å². The molecule has 1 N–H and O–H groups in total. The van der Waals surface area contributed by atoms with Gasteiger partial charge >= 0.3 is 0 Å². The van der Waals surface area contributed by atoms with Crippen LogP contribution in [0, 0.1) is 13.8 Å². The first-order valence-corrected chi connectivity index (χ1v) is 6.18. The maximum absolute atomic E-state index is 3.44. The molecule has 2 heteroatoms. The maximum Gasteiger partial charge on any atom is 0.0242 e. The highest BCUT2D eigenvalue weighted by atomic mass is 15.2. The lowest BCUT2D eigenvalue weighted by Gasteiger charge is -2.34. The van der Waals surface area contributed by atoms with E-state index in [0.29, 0.717) is 6.04 Å². The van der Waals surface area contributed by atoms with Gasteiger partial charge in [-0.05, 0) is 37.5 Å². The Kier molecular flexibility index (Phi) is 3.62. The number of hydrogen-bond acceptors (Lipinski definition) is 2. The van der Waals surface area contributed by atoms with E-state index in [0.717, 1.165) is 26.2 Å². The van der Waals surface area contributed by atoms with Crippen LogP contribution in [0.4, 0.5) is 0 Å². The summed E-state index contributed by atoms with van der Waals surface area (Å²) >= 11 is 0. The summed E-state index contributed by atoms with van der Waals surface area (Å²) in [5.74, 6) is 0. The minimum Gasteiger partial charge on any atom is -0.314 e. The van der Waals surface area contributed by atoms with E-state index in [9.17, 15) is 0 Å². The molecule has 0 amide bonds. The molecule has 1 saturated heterocycles. The van der Waals surface area contributed by atoms with Gasteiger partial charge in [0.2, 0.25) is 0 Å². The normalized spacial score (nSPS) is 22.3. The first kappa shape index (κ1) is 11.6. The Labute approximate surface area is 98.7 Å². The van der Waals surface area contributed by atoms with Gasteiger partial charge in [0.25, 0.3) is 0 Å². The number of nitrogens with one attached hydrogen (secondary N) is 1. The molecule has 2 rings (SSSR count). The van der Waals surface area contributed by atoms with Crippen LogP contribution in [-0.2, 0) is 6.54 Å². The number of rotatable bonds is 2. The topological polar surface area (TPSA) is 15.3 Å². The Bertz CT molecular complexity index is 340. The number of benzene rings is 1. The SMILES string of the molecule is Cc1cccc(C)c1CN1CCNC[C@H]1C. The molecule has 1 aromatic carbocycles. The van der Waals surface area contributed by atoms with Crippen molar-refractivity contribution in [3.8, 4) is 0 Å². The number of hydrogen-bond donors (Lipinski definition) is 1. The van der Waals surface area contributed by atoms with Crippen molar-refractivity contribution in [3.63, 3.8) is 0 Å². The average molecular weight is 218 g/mol. The monoisotopic (exact) mass is 218 g/mol. The van der Waals surface area contributed by atoms with Crippen LogP contribution in [-0.4, -0.2) is 30.6 Å². The van der Waals surface area contributed by atoms with Gasteiger partial charge in [-0.3, -0.25) is 4.90 Å². The largest absolute Gasteiger partial charge is 0.314 e. The highest BCUT2D eigenvalue weighted by Crippen LogP contribution is 2.17. The average Bonchev–Trinajstić information content (AvgIpc) is 2.26. The molecule has 1 aliphatic heterocycles. The van der Waals surface area contributed by atoms with Crippen LogP contribution in [0.15, 0.2) is 18.2 Å². The molecule has 0 spiro atoms. The van der Waals surface area contributed by atoms with Crippen molar-refractivity contribution in [1.29, 1.82) is 0 Å². The highest BCUT2D eigenvalue weighted by molar-refractivity contribution is 5.33. The third-order valence-corrected chi connectivity index (χ3v) is 3.64. The molecule has 1 heterocycles. The summed E-state index contributed by atoms with van der Waals surface area (Å²) in [5.41, 5.74) is 4.35. The van der Waals surface area contributed by atoms with Gasteiger partial charge < -0.3 is 5.32 Å². The predicted octanol–water partition coefficient (Wildman–Crippen LogP) is 2.10. The van der Waals surface area contributed by atoms with Crippen LogP contribution in [0.1, 0.15) is 23.6 Å². The van der Waals surface area contributed by atoms with Crippen LogP contribution in [0.2, 0.25) is 0 Å². The summed E-state index contributed by atoms with van der Waals surface area (Å²) in [4.78, 5) is 2.58. The summed E-state index contributed by atoms with van der Waals surface area (Å²) in [6.45, 7) is 11.2. The lowest BCUT2D eigenvalue weighted by Crippen LogP contribution is -2.49. The Morgan fingerprint density at radius 2 is 2.00 bits per heavy atom. The zero-order valence-electron chi connectivity index (χ0n) is 10.6. The smallest absolute Gasteiger partial charge is 0.0242 e. The molecule has 0 radical (unpaired) electrons. The van der Waals surface area contributed by atoms with Crippen LogP contribution in [0.25, 0.3) is 0 Å². The molecule has 2 nitrogen and oxygen atoms in total. The number of aryl methyl sites for hydroxylation is 2. The Hall–Kier alpha value is -0.860. The number of nitrogens with zero attached hydrogens (tertiary/aromatic N) is 1. The quantitative estimate of drug-likeness (QED) is 0.818. The van der Waals surface area contributed by atoms with Crippen molar-refractivity contribution in [1.82, 2.24) is 10.2 Å². The van der Waals surface area contributed by atoms with Crippen LogP contribution >= 0.6 is 0 Å². The first-order chi connectivity index (χ1) is 7.68. The molecule has 88 valence electrons. The van der Waals surface area contributed by atoms with Gasteiger partial charge in [0.15, 0.2) is 0 Å². The van der Waals surface area contributed by atoms with E-state index in [1.807, 2.05) is 0 Å².